The summed E-state index contributed by atoms with van der Waals surface area (Å²) in [6, 6.07) is 25.6. The highest BCUT2D eigenvalue weighted by atomic mass is 16.3. The molecule has 29 heavy (non-hydrogen) atoms. The SMILES string of the molecule is O=C1N(CCCc2ccccc2)c2ccccc2[C@]1(O)c1c[nH]c2ccccc12. The number of para-hydroxylation sites is 2. The molecule has 3 aromatic carbocycles. The maximum atomic E-state index is 13.5. The minimum atomic E-state index is -1.68. The first-order valence-corrected chi connectivity index (χ1v) is 9.94. The van der Waals surface area contributed by atoms with E-state index < -0.39 is 5.60 Å². The van der Waals surface area contributed by atoms with Crippen LogP contribution in [-0.2, 0) is 16.8 Å². The van der Waals surface area contributed by atoms with Crippen LogP contribution in [-0.4, -0.2) is 22.5 Å². The first-order valence-electron chi connectivity index (χ1n) is 9.94. The Morgan fingerprint density at radius 3 is 2.45 bits per heavy atom. The molecule has 0 bridgehead atoms. The third-order valence-electron chi connectivity index (χ3n) is 5.81. The molecular weight excluding hydrogens is 360 g/mol. The molecule has 1 aromatic heterocycles. The lowest BCUT2D eigenvalue weighted by molar-refractivity contribution is -0.132. The molecule has 2 N–H and O–H groups in total. The smallest absolute Gasteiger partial charge is 0.268 e. The highest BCUT2D eigenvalue weighted by Crippen LogP contribution is 2.46. The number of hydrogen-bond donors (Lipinski definition) is 2. The van der Waals surface area contributed by atoms with Crippen LogP contribution in [0, 0.1) is 0 Å². The number of carbonyl (C=O) groups excluding carboxylic acids is 1. The third kappa shape index (κ3) is 2.76. The zero-order valence-electron chi connectivity index (χ0n) is 16.0. The largest absolute Gasteiger partial charge is 0.372 e. The van der Waals surface area contributed by atoms with Crippen molar-refractivity contribution in [1.82, 2.24) is 4.98 Å². The number of fused-ring (bicyclic) bond motifs is 2. The molecule has 0 aliphatic carbocycles. The van der Waals surface area contributed by atoms with Crippen molar-refractivity contribution in [2.24, 2.45) is 0 Å². The molecule has 0 unspecified atom stereocenters. The summed E-state index contributed by atoms with van der Waals surface area (Å²) in [4.78, 5) is 18.5. The Morgan fingerprint density at radius 2 is 1.59 bits per heavy atom. The summed E-state index contributed by atoms with van der Waals surface area (Å²) in [6.45, 7) is 0.565. The number of aliphatic hydroxyl groups is 1. The van der Waals surface area contributed by atoms with Crippen LogP contribution in [0.25, 0.3) is 10.9 Å². The van der Waals surface area contributed by atoms with E-state index in [0.717, 1.165) is 29.4 Å². The molecule has 0 saturated heterocycles. The quantitative estimate of drug-likeness (QED) is 0.538. The summed E-state index contributed by atoms with van der Waals surface area (Å²) in [5.41, 5.74) is 2.52. The Hall–Kier alpha value is -3.37. The summed E-state index contributed by atoms with van der Waals surface area (Å²) in [5, 5.41) is 12.6. The molecule has 144 valence electrons. The highest BCUT2D eigenvalue weighted by Gasteiger charge is 2.51. The second kappa shape index (κ2) is 6.90. The standard InChI is InChI=1S/C25H22N2O2/c28-24-25(29,21-17-26-22-14-6-4-12-19(21)22)20-13-5-7-15-23(20)27(24)16-8-11-18-9-2-1-3-10-18/h1-7,9-10,12-15,17,26,29H,8,11,16H2/t25-/m0/s1. The molecule has 1 aliphatic rings. The maximum absolute atomic E-state index is 13.5. The normalized spacial score (nSPS) is 18.4. The van der Waals surface area contributed by atoms with Gasteiger partial charge in [0, 0.05) is 34.8 Å². The summed E-state index contributed by atoms with van der Waals surface area (Å²) >= 11 is 0. The van der Waals surface area contributed by atoms with Gasteiger partial charge in [-0.25, -0.2) is 0 Å². The average Bonchev–Trinajstić information content (AvgIpc) is 3.29. The first-order chi connectivity index (χ1) is 14.2. The molecule has 2 heterocycles. The van der Waals surface area contributed by atoms with Gasteiger partial charge >= 0.3 is 0 Å². The van der Waals surface area contributed by atoms with Gasteiger partial charge in [0.15, 0.2) is 5.60 Å². The van der Waals surface area contributed by atoms with Gasteiger partial charge < -0.3 is 15.0 Å². The monoisotopic (exact) mass is 382 g/mol. The van der Waals surface area contributed by atoms with Gasteiger partial charge in [0.1, 0.15) is 0 Å². The minimum absolute atomic E-state index is 0.281. The van der Waals surface area contributed by atoms with Crippen molar-refractivity contribution in [2.75, 3.05) is 11.4 Å². The lowest BCUT2D eigenvalue weighted by Gasteiger charge is -2.23. The Kier molecular flexibility index (Phi) is 4.22. The van der Waals surface area contributed by atoms with E-state index >= 15 is 0 Å². The molecule has 0 spiro atoms. The number of amides is 1. The fraction of sp³-hybridized carbons (Fsp3) is 0.160. The van der Waals surface area contributed by atoms with Crippen LogP contribution in [0.5, 0.6) is 0 Å². The van der Waals surface area contributed by atoms with E-state index in [1.807, 2.05) is 66.7 Å². The van der Waals surface area contributed by atoms with Gasteiger partial charge in [-0.3, -0.25) is 4.79 Å². The van der Waals surface area contributed by atoms with Crippen LogP contribution < -0.4 is 4.90 Å². The zero-order valence-corrected chi connectivity index (χ0v) is 16.0. The van der Waals surface area contributed by atoms with Gasteiger partial charge in [0.05, 0.1) is 5.69 Å². The van der Waals surface area contributed by atoms with E-state index in [0.29, 0.717) is 17.7 Å². The molecule has 0 radical (unpaired) electrons. The lowest BCUT2D eigenvalue weighted by Crippen LogP contribution is -2.41. The van der Waals surface area contributed by atoms with E-state index in [-0.39, 0.29) is 5.91 Å². The number of H-pyrrole nitrogens is 1. The summed E-state index contributed by atoms with van der Waals surface area (Å²) < 4.78 is 0. The Morgan fingerprint density at radius 1 is 0.862 bits per heavy atom. The number of benzene rings is 3. The lowest BCUT2D eigenvalue weighted by atomic mass is 9.87. The Labute approximate surface area is 169 Å². The average molecular weight is 382 g/mol. The third-order valence-corrected chi connectivity index (χ3v) is 5.81. The summed E-state index contributed by atoms with van der Waals surface area (Å²) in [6.07, 6.45) is 3.47. The molecule has 0 fully saturated rings. The number of carbonyl (C=O) groups is 1. The van der Waals surface area contributed by atoms with Gasteiger partial charge in [-0.1, -0.05) is 66.7 Å². The molecule has 0 saturated carbocycles. The second-order valence-electron chi connectivity index (χ2n) is 7.52. The van der Waals surface area contributed by atoms with E-state index in [2.05, 4.69) is 17.1 Å². The van der Waals surface area contributed by atoms with E-state index in [9.17, 15) is 9.90 Å². The predicted octanol–water partition coefficient (Wildman–Crippen LogP) is 4.38. The summed E-state index contributed by atoms with van der Waals surface area (Å²) in [7, 11) is 0. The molecule has 1 aliphatic heterocycles. The van der Waals surface area contributed by atoms with Gasteiger partial charge in [-0.05, 0) is 30.5 Å². The number of aryl methyl sites for hydroxylation is 1. The fourth-order valence-electron chi connectivity index (χ4n) is 4.37. The number of rotatable bonds is 5. The first kappa shape index (κ1) is 17.7. The molecule has 4 heteroatoms. The van der Waals surface area contributed by atoms with Crippen molar-refractivity contribution in [2.45, 2.75) is 18.4 Å². The van der Waals surface area contributed by atoms with Crippen molar-refractivity contribution in [3.63, 3.8) is 0 Å². The van der Waals surface area contributed by atoms with Gasteiger partial charge in [0.25, 0.3) is 5.91 Å². The van der Waals surface area contributed by atoms with Crippen molar-refractivity contribution < 1.29 is 9.90 Å². The molecule has 4 nitrogen and oxygen atoms in total. The van der Waals surface area contributed by atoms with Crippen LogP contribution >= 0.6 is 0 Å². The Balaban J connectivity index is 1.50. The number of aromatic amines is 1. The zero-order chi connectivity index (χ0) is 19.8. The Bertz CT molecular complexity index is 1180. The van der Waals surface area contributed by atoms with Crippen LogP contribution in [0.3, 0.4) is 0 Å². The number of anilines is 1. The number of nitrogens with zero attached hydrogens (tertiary/aromatic N) is 1. The molecule has 4 aromatic rings. The fourth-order valence-corrected chi connectivity index (χ4v) is 4.37. The summed E-state index contributed by atoms with van der Waals surface area (Å²) in [5.74, 6) is -0.281. The number of hydrogen-bond acceptors (Lipinski definition) is 2. The van der Waals surface area contributed by atoms with E-state index in [4.69, 9.17) is 0 Å². The number of aromatic nitrogens is 1. The van der Waals surface area contributed by atoms with E-state index in [1.165, 1.54) is 5.56 Å². The van der Waals surface area contributed by atoms with Gasteiger partial charge in [0.2, 0.25) is 0 Å². The molecule has 1 amide bonds. The second-order valence-corrected chi connectivity index (χ2v) is 7.52. The van der Waals surface area contributed by atoms with E-state index in [1.54, 1.807) is 11.1 Å². The maximum Gasteiger partial charge on any atom is 0.268 e. The van der Waals surface area contributed by atoms with Crippen LogP contribution in [0.1, 0.15) is 23.1 Å². The minimum Gasteiger partial charge on any atom is -0.372 e. The van der Waals surface area contributed by atoms with Crippen molar-refractivity contribution in [3.05, 3.63) is 102 Å². The molecular formula is C25H22N2O2. The molecule has 5 rings (SSSR count). The van der Waals surface area contributed by atoms with Crippen molar-refractivity contribution >= 4 is 22.5 Å². The molecule has 1 atom stereocenters. The predicted molar refractivity (Wildman–Crippen MR) is 115 cm³/mol. The van der Waals surface area contributed by atoms with Crippen LogP contribution in [0.2, 0.25) is 0 Å². The highest BCUT2D eigenvalue weighted by molar-refractivity contribution is 6.11. The number of nitrogens with one attached hydrogen (secondary N) is 1. The van der Waals surface area contributed by atoms with Crippen molar-refractivity contribution in [3.8, 4) is 0 Å². The topological polar surface area (TPSA) is 56.3 Å². The van der Waals surface area contributed by atoms with Crippen LogP contribution in [0.15, 0.2) is 85.1 Å². The van der Waals surface area contributed by atoms with Gasteiger partial charge in [-0.15, -0.1) is 0 Å². The van der Waals surface area contributed by atoms with Crippen molar-refractivity contribution in [1.29, 1.82) is 0 Å². The van der Waals surface area contributed by atoms with Crippen LogP contribution in [0.4, 0.5) is 5.69 Å². The van der Waals surface area contributed by atoms with Gasteiger partial charge in [-0.2, -0.15) is 0 Å².